The number of nitrogens with one attached hydrogen (secondary N) is 2. The third-order valence-corrected chi connectivity index (χ3v) is 6.10. The minimum absolute atomic E-state index is 0.0649. The number of amides is 1. The topological polar surface area (TPSA) is 41.1 Å². The van der Waals surface area contributed by atoms with Crippen molar-refractivity contribution in [2.24, 2.45) is 23.2 Å². The molecule has 0 unspecified atom stereocenters. The summed E-state index contributed by atoms with van der Waals surface area (Å²) < 4.78 is 12.9. The Balaban J connectivity index is 1.28. The number of carbonyl (C=O) groups is 1. The number of hydrogen-bond acceptors (Lipinski definition) is 2. The maximum atomic E-state index is 12.9. The van der Waals surface area contributed by atoms with Crippen LogP contribution in [0.1, 0.15) is 38.5 Å². The number of hydrogen-bond donors (Lipinski definition) is 2. The van der Waals surface area contributed by atoms with E-state index in [1.165, 1.54) is 31.4 Å². The average Bonchev–Trinajstić information content (AvgIpc) is 2.52. The monoisotopic (exact) mass is 316 g/mol. The summed E-state index contributed by atoms with van der Waals surface area (Å²) in [4.78, 5) is 12.8. The Bertz CT molecular complexity index is 548. The predicted octanol–water partition coefficient (Wildman–Crippen LogP) is 3.57. The van der Waals surface area contributed by atoms with Crippen LogP contribution in [0.4, 0.5) is 10.1 Å². The van der Waals surface area contributed by atoms with Crippen molar-refractivity contribution in [2.45, 2.75) is 38.5 Å². The third kappa shape index (κ3) is 2.96. The maximum Gasteiger partial charge on any atom is 0.226 e. The van der Waals surface area contributed by atoms with E-state index in [1.807, 2.05) is 0 Å². The lowest BCUT2D eigenvalue weighted by atomic mass is 9.49. The van der Waals surface area contributed by atoms with Crippen LogP contribution in [0, 0.1) is 29.0 Å². The van der Waals surface area contributed by atoms with Crippen molar-refractivity contribution >= 4 is 11.6 Å². The standard InChI is InChI=1S/C19H25FN2O/c20-16-1-3-17(4-2-16)21-5-6-22-18(23)19-10-13-7-14(11-19)9-15(8-13)12-19/h1-4,13-15,21H,5-12H2,(H,22,23). The van der Waals surface area contributed by atoms with E-state index in [0.29, 0.717) is 13.1 Å². The molecule has 0 radical (unpaired) electrons. The first-order valence-electron chi connectivity index (χ1n) is 8.91. The van der Waals surface area contributed by atoms with Crippen LogP contribution >= 0.6 is 0 Å². The van der Waals surface area contributed by atoms with Gasteiger partial charge in [-0.15, -0.1) is 0 Å². The molecule has 3 nitrogen and oxygen atoms in total. The minimum atomic E-state index is -0.231. The molecule has 0 aliphatic heterocycles. The highest BCUT2D eigenvalue weighted by Crippen LogP contribution is 2.60. The molecule has 0 heterocycles. The number of rotatable bonds is 5. The van der Waals surface area contributed by atoms with Gasteiger partial charge in [-0.25, -0.2) is 4.39 Å². The molecule has 4 aliphatic rings. The SMILES string of the molecule is O=C(NCCNc1ccc(F)cc1)C12CC3CC(CC(C3)C1)C2. The first-order valence-corrected chi connectivity index (χ1v) is 8.91. The number of anilines is 1. The summed E-state index contributed by atoms with van der Waals surface area (Å²) in [6, 6.07) is 6.32. The van der Waals surface area contributed by atoms with Gasteiger partial charge in [0.1, 0.15) is 5.82 Å². The fourth-order valence-corrected chi connectivity index (χ4v) is 5.53. The van der Waals surface area contributed by atoms with Crippen LogP contribution in [-0.4, -0.2) is 19.0 Å². The van der Waals surface area contributed by atoms with Crippen molar-refractivity contribution in [3.8, 4) is 0 Å². The molecule has 4 fully saturated rings. The second kappa shape index (κ2) is 5.81. The van der Waals surface area contributed by atoms with E-state index in [2.05, 4.69) is 10.6 Å². The van der Waals surface area contributed by atoms with Crippen molar-refractivity contribution < 1.29 is 9.18 Å². The Kier molecular flexibility index (Phi) is 3.78. The molecule has 1 aromatic carbocycles. The average molecular weight is 316 g/mol. The fraction of sp³-hybridized carbons (Fsp3) is 0.632. The Hall–Kier alpha value is -1.58. The van der Waals surface area contributed by atoms with Crippen molar-refractivity contribution in [3.05, 3.63) is 30.1 Å². The van der Waals surface area contributed by atoms with Gasteiger partial charge < -0.3 is 10.6 Å². The quantitative estimate of drug-likeness (QED) is 0.815. The Morgan fingerprint density at radius 2 is 1.57 bits per heavy atom. The number of carbonyl (C=O) groups excluding carboxylic acids is 1. The maximum absolute atomic E-state index is 12.9. The van der Waals surface area contributed by atoms with Crippen LogP contribution in [0.5, 0.6) is 0 Å². The summed E-state index contributed by atoms with van der Waals surface area (Å²) in [5.74, 6) is 2.43. The molecule has 0 atom stereocenters. The summed E-state index contributed by atoms with van der Waals surface area (Å²) >= 11 is 0. The van der Waals surface area contributed by atoms with Crippen molar-refractivity contribution in [1.82, 2.24) is 5.32 Å². The van der Waals surface area contributed by atoms with Crippen LogP contribution in [0.3, 0.4) is 0 Å². The molecular weight excluding hydrogens is 291 g/mol. The lowest BCUT2D eigenvalue weighted by Crippen LogP contribution is -2.54. The predicted molar refractivity (Wildman–Crippen MR) is 88.5 cm³/mol. The molecule has 124 valence electrons. The van der Waals surface area contributed by atoms with Crippen LogP contribution < -0.4 is 10.6 Å². The van der Waals surface area contributed by atoms with E-state index < -0.39 is 0 Å². The molecule has 2 N–H and O–H groups in total. The van der Waals surface area contributed by atoms with Gasteiger partial charge in [0.2, 0.25) is 5.91 Å². The van der Waals surface area contributed by atoms with Gasteiger partial charge in [-0.3, -0.25) is 4.79 Å². The van der Waals surface area contributed by atoms with Gasteiger partial charge in [-0.2, -0.15) is 0 Å². The van der Waals surface area contributed by atoms with Crippen LogP contribution in [0.25, 0.3) is 0 Å². The van der Waals surface area contributed by atoms with Crippen molar-refractivity contribution in [3.63, 3.8) is 0 Å². The van der Waals surface area contributed by atoms with Gasteiger partial charge in [0.15, 0.2) is 0 Å². The van der Waals surface area contributed by atoms with E-state index in [4.69, 9.17) is 0 Å². The van der Waals surface area contributed by atoms with E-state index in [9.17, 15) is 9.18 Å². The van der Waals surface area contributed by atoms with E-state index in [0.717, 1.165) is 42.7 Å². The molecule has 1 amide bonds. The lowest BCUT2D eigenvalue weighted by molar-refractivity contribution is -0.146. The van der Waals surface area contributed by atoms with Gasteiger partial charge in [-0.1, -0.05) is 0 Å². The summed E-state index contributed by atoms with van der Waals surface area (Å²) in [6.07, 6.45) is 7.40. The highest BCUT2D eigenvalue weighted by molar-refractivity contribution is 5.83. The zero-order valence-corrected chi connectivity index (χ0v) is 13.5. The molecule has 4 bridgehead atoms. The zero-order chi connectivity index (χ0) is 15.9. The highest BCUT2D eigenvalue weighted by Gasteiger charge is 2.54. The molecule has 1 aromatic rings. The molecule has 4 saturated carbocycles. The molecule has 23 heavy (non-hydrogen) atoms. The Labute approximate surface area is 137 Å². The zero-order valence-electron chi connectivity index (χ0n) is 13.5. The Morgan fingerprint density at radius 3 is 2.13 bits per heavy atom. The summed E-state index contributed by atoms with van der Waals surface area (Å²) in [6.45, 7) is 1.29. The van der Waals surface area contributed by atoms with E-state index in [1.54, 1.807) is 12.1 Å². The first kappa shape index (κ1) is 15.0. The molecular formula is C19H25FN2O. The second-order valence-electron chi connectivity index (χ2n) is 7.89. The second-order valence-corrected chi connectivity index (χ2v) is 7.89. The third-order valence-electron chi connectivity index (χ3n) is 6.10. The van der Waals surface area contributed by atoms with E-state index in [-0.39, 0.29) is 17.1 Å². The number of halogens is 1. The Morgan fingerprint density at radius 1 is 1.00 bits per heavy atom. The van der Waals surface area contributed by atoms with Crippen molar-refractivity contribution in [2.75, 3.05) is 18.4 Å². The highest BCUT2D eigenvalue weighted by atomic mass is 19.1. The van der Waals surface area contributed by atoms with Crippen LogP contribution in [0.15, 0.2) is 24.3 Å². The van der Waals surface area contributed by atoms with Crippen LogP contribution in [0.2, 0.25) is 0 Å². The normalized spacial score (nSPS) is 34.4. The molecule has 4 heteroatoms. The summed E-state index contributed by atoms with van der Waals surface area (Å²) in [5.41, 5.74) is 0.820. The first-order chi connectivity index (χ1) is 11.1. The number of benzene rings is 1. The molecule has 4 aliphatic carbocycles. The van der Waals surface area contributed by atoms with E-state index >= 15 is 0 Å². The molecule has 0 saturated heterocycles. The smallest absolute Gasteiger partial charge is 0.226 e. The molecule has 0 spiro atoms. The largest absolute Gasteiger partial charge is 0.383 e. The van der Waals surface area contributed by atoms with Gasteiger partial charge in [0, 0.05) is 24.2 Å². The lowest BCUT2D eigenvalue weighted by Gasteiger charge is -2.55. The van der Waals surface area contributed by atoms with Gasteiger partial charge >= 0.3 is 0 Å². The summed E-state index contributed by atoms with van der Waals surface area (Å²) in [7, 11) is 0. The summed E-state index contributed by atoms with van der Waals surface area (Å²) in [5, 5.41) is 6.37. The van der Waals surface area contributed by atoms with Gasteiger partial charge in [0.25, 0.3) is 0 Å². The molecule has 0 aromatic heterocycles. The van der Waals surface area contributed by atoms with Gasteiger partial charge in [-0.05, 0) is 80.5 Å². The fourth-order valence-electron chi connectivity index (χ4n) is 5.53. The van der Waals surface area contributed by atoms with Crippen molar-refractivity contribution in [1.29, 1.82) is 0 Å². The van der Waals surface area contributed by atoms with Crippen LogP contribution in [-0.2, 0) is 4.79 Å². The minimum Gasteiger partial charge on any atom is -0.383 e. The van der Waals surface area contributed by atoms with Gasteiger partial charge in [0.05, 0.1) is 0 Å². The molecule has 5 rings (SSSR count).